The van der Waals surface area contributed by atoms with E-state index in [-0.39, 0.29) is 17.7 Å². The average molecular weight is 298 g/mol. The summed E-state index contributed by atoms with van der Waals surface area (Å²) in [6.45, 7) is 8.52. The molecule has 0 saturated carbocycles. The third-order valence-electron chi connectivity index (χ3n) is 2.63. The molecule has 1 unspecified atom stereocenters. The van der Waals surface area contributed by atoms with Crippen molar-refractivity contribution in [3.8, 4) is 0 Å². The zero-order chi connectivity index (χ0) is 15.3. The lowest BCUT2D eigenvalue weighted by Crippen LogP contribution is -2.18. The minimum atomic E-state index is -0.924. The standard InChI is InChI=1S/C14H22N2O3S/c1-9(7-14(2,3)4)5-11(17)16-13-15-10(8-20-13)6-12(18)19/h8-9H,5-7H2,1-4H3,(H,18,19)(H,15,16,17). The normalized spacial score (nSPS) is 13.0. The van der Waals surface area contributed by atoms with Crippen molar-refractivity contribution in [1.29, 1.82) is 0 Å². The zero-order valence-electron chi connectivity index (χ0n) is 12.4. The first-order valence-corrected chi connectivity index (χ1v) is 7.50. The zero-order valence-corrected chi connectivity index (χ0v) is 13.2. The topological polar surface area (TPSA) is 79.3 Å². The van der Waals surface area contributed by atoms with E-state index in [4.69, 9.17) is 5.11 Å². The van der Waals surface area contributed by atoms with Crippen LogP contribution in [-0.2, 0) is 16.0 Å². The van der Waals surface area contributed by atoms with Gasteiger partial charge in [-0.15, -0.1) is 11.3 Å². The summed E-state index contributed by atoms with van der Waals surface area (Å²) in [5.74, 6) is -0.696. The van der Waals surface area contributed by atoms with Crippen molar-refractivity contribution in [3.63, 3.8) is 0 Å². The molecule has 0 aliphatic rings. The molecule has 1 amide bonds. The van der Waals surface area contributed by atoms with Gasteiger partial charge < -0.3 is 10.4 Å². The molecule has 0 aliphatic carbocycles. The van der Waals surface area contributed by atoms with Crippen LogP contribution in [-0.4, -0.2) is 22.0 Å². The van der Waals surface area contributed by atoms with E-state index in [9.17, 15) is 9.59 Å². The minimum absolute atomic E-state index is 0.0713. The van der Waals surface area contributed by atoms with Crippen LogP contribution in [0.25, 0.3) is 0 Å². The maximum Gasteiger partial charge on any atom is 0.309 e. The van der Waals surface area contributed by atoms with Crippen molar-refractivity contribution in [2.24, 2.45) is 11.3 Å². The van der Waals surface area contributed by atoms with Gasteiger partial charge in [-0.3, -0.25) is 9.59 Å². The molecule has 1 rings (SSSR count). The first-order valence-electron chi connectivity index (χ1n) is 6.62. The Morgan fingerprint density at radius 3 is 2.65 bits per heavy atom. The SMILES string of the molecule is CC(CC(=O)Nc1nc(CC(=O)O)cs1)CC(C)(C)C. The lowest BCUT2D eigenvalue weighted by Gasteiger charge is -2.22. The number of carboxylic acid groups (broad SMARTS) is 1. The Bertz CT molecular complexity index is 477. The van der Waals surface area contributed by atoms with E-state index >= 15 is 0 Å². The number of nitrogens with zero attached hydrogens (tertiary/aromatic N) is 1. The van der Waals surface area contributed by atoms with Crippen LogP contribution in [0, 0.1) is 11.3 Å². The number of rotatable bonds is 6. The lowest BCUT2D eigenvalue weighted by atomic mass is 9.84. The van der Waals surface area contributed by atoms with Crippen LogP contribution in [0.1, 0.15) is 46.2 Å². The molecular weight excluding hydrogens is 276 g/mol. The Balaban J connectivity index is 2.46. The molecule has 0 radical (unpaired) electrons. The number of aromatic nitrogens is 1. The molecule has 1 aromatic rings. The molecule has 1 atom stereocenters. The summed E-state index contributed by atoms with van der Waals surface area (Å²) in [6.07, 6.45) is 1.31. The molecular formula is C14H22N2O3S. The highest BCUT2D eigenvalue weighted by Crippen LogP contribution is 2.26. The van der Waals surface area contributed by atoms with E-state index in [0.29, 0.717) is 23.2 Å². The molecule has 5 nitrogen and oxygen atoms in total. The summed E-state index contributed by atoms with van der Waals surface area (Å²) in [4.78, 5) is 26.5. The van der Waals surface area contributed by atoms with Crippen LogP contribution in [0.5, 0.6) is 0 Å². The van der Waals surface area contributed by atoms with Crippen molar-refractivity contribution >= 4 is 28.3 Å². The van der Waals surface area contributed by atoms with Gasteiger partial charge in [-0.2, -0.15) is 0 Å². The van der Waals surface area contributed by atoms with Gasteiger partial charge in [0.05, 0.1) is 12.1 Å². The monoisotopic (exact) mass is 298 g/mol. The van der Waals surface area contributed by atoms with Gasteiger partial charge in [0.15, 0.2) is 5.13 Å². The third kappa shape index (κ3) is 6.65. The summed E-state index contributed by atoms with van der Waals surface area (Å²) >= 11 is 1.25. The number of aliphatic carboxylic acids is 1. The van der Waals surface area contributed by atoms with E-state index in [1.165, 1.54) is 11.3 Å². The van der Waals surface area contributed by atoms with Gasteiger partial charge >= 0.3 is 5.97 Å². The number of carbonyl (C=O) groups is 2. The third-order valence-corrected chi connectivity index (χ3v) is 3.43. The number of hydrogen-bond acceptors (Lipinski definition) is 4. The molecule has 0 aromatic carbocycles. The molecule has 112 valence electrons. The predicted octanol–water partition coefficient (Wildman–Crippen LogP) is 3.17. The molecule has 0 aliphatic heterocycles. The smallest absolute Gasteiger partial charge is 0.309 e. The summed E-state index contributed by atoms with van der Waals surface area (Å²) in [5.41, 5.74) is 0.677. The Morgan fingerprint density at radius 2 is 2.10 bits per heavy atom. The first-order chi connectivity index (χ1) is 9.15. The van der Waals surface area contributed by atoms with E-state index in [1.807, 2.05) is 0 Å². The highest BCUT2D eigenvalue weighted by Gasteiger charge is 2.18. The van der Waals surface area contributed by atoms with Gasteiger partial charge in [0.1, 0.15) is 0 Å². The maximum absolute atomic E-state index is 11.9. The number of carboxylic acids is 1. The quantitative estimate of drug-likeness (QED) is 0.845. The number of amides is 1. The summed E-state index contributed by atoms with van der Waals surface area (Å²) in [6, 6.07) is 0. The number of nitrogens with one attached hydrogen (secondary N) is 1. The van der Waals surface area contributed by atoms with Gasteiger partial charge in [-0.05, 0) is 17.8 Å². The van der Waals surface area contributed by atoms with Gasteiger partial charge in [0, 0.05) is 11.8 Å². The maximum atomic E-state index is 11.9. The summed E-state index contributed by atoms with van der Waals surface area (Å²) < 4.78 is 0. The fourth-order valence-corrected chi connectivity index (χ4v) is 2.93. The van der Waals surface area contributed by atoms with E-state index in [1.54, 1.807) is 5.38 Å². The molecule has 20 heavy (non-hydrogen) atoms. The molecule has 0 fully saturated rings. The largest absolute Gasteiger partial charge is 0.481 e. The van der Waals surface area contributed by atoms with E-state index in [2.05, 4.69) is 38.0 Å². The highest BCUT2D eigenvalue weighted by atomic mass is 32.1. The summed E-state index contributed by atoms with van der Waals surface area (Å²) in [5, 5.41) is 13.5. The molecule has 6 heteroatoms. The Morgan fingerprint density at radius 1 is 1.45 bits per heavy atom. The number of carbonyl (C=O) groups excluding carboxylic acids is 1. The van der Waals surface area contributed by atoms with Gasteiger partial charge in [0.2, 0.25) is 5.91 Å². The summed E-state index contributed by atoms with van der Waals surface area (Å²) in [7, 11) is 0. The molecule has 0 saturated heterocycles. The van der Waals surface area contributed by atoms with Gasteiger partial charge in [-0.1, -0.05) is 27.7 Å². The lowest BCUT2D eigenvalue weighted by molar-refractivity contribution is -0.136. The van der Waals surface area contributed by atoms with Crippen molar-refractivity contribution in [3.05, 3.63) is 11.1 Å². The minimum Gasteiger partial charge on any atom is -0.481 e. The average Bonchev–Trinajstić information content (AvgIpc) is 2.60. The number of anilines is 1. The Hall–Kier alpha value is -1.43. The number of thiazole rings is 1. The van der Waals surface area contributed by atoms with Crippen LogP contribution >= 0.6 is 11.3 Å². The van der Waals surface area contributed by atoms with Crippen molar-refractivity contribution < 1.29 is 14.7 Å². The number of hydrogen-bond donors (Lipinski definition) is 2. The second-order valence-electron chi connectivity index (χ2n) is 6.34. The van der Waals surface area contributed by atoms with E-state index in [0.717, 1.165) is 6.42 Å². The van der Waals surface area contributed by atoms with Gasteiger partial charge in [0.25, 0.3) is 0 Å². The first kappa shape index (κ1) is 16.6. The van der Waals surface area contributed by atoms with Crippen molar-refractivity contribution in [2.75, 3.05) is 5.32 Å². The Labute approximate surface area is 123 Å². The fraction of sp³-hybridized carbons (Fsp3) is 0.643. The second kappa shape index (κ2) is 6.83. The van der Waals surface area contributed by atoms with Crippen LogP contribution < -0.4 is 5.32 Å². The Kier molecular flexibility index (Phi) is 5.68. The molecule has 1 heterocycles. The molecule has 2 N–H and O–H groups in total. The van der Waals surface area contributed by atoms with Crippen LogP contribution in [0.2, 0.25) is 0 Å². The fourth-order valence-electron chi connectivity index (χ4n) is 2.20. The van der Waals surface area contributed by atoms with E-state index < -0.39 is 5.97 Å². The van der Waals surface area contributed by atoms with Crippen molar-refractivity contribution in [1.82, 2.24) is 4.98 Å². The molecule has 0 bridgehead atoms. The second-order valence-corrected chi connectivity index (χ2v) is 7.19. The molecule has 0 spiro atoms. The predicted molar refractivity (Wildman–Crippen MR) is 79.9 cm³/mol. The van der Waals surface area contributed by atoms with Crippen LogP contribution in [0.15, 0.2) is 5.38 Å². The highest BCUT2D eigenvalue weighted by molar-refractivity contribution is 7.13. The van der Waals surface area contributed by atoms with Crippen LogP contribution in [0.3, 0.4) is 0 Å². The van der Waals surface area contributed by atoms with Crippen LogP contribution in [0.4, 0.5) is 5.13 Å². The van der Waals surface area contributed by atoms with Gasteiger partial charge in [-0.25, -0.2) is 4.98 Å². The molecule has 1 aromatic heterocycles. The van der Waals surface area contributed by atoms with Crippen molar-refractivity contribution in [2.45, 2.75) is 47.0 Å².